The molecule has 1 atom stereocenters. The minimum absolute atomic E-state index is 0.0813. The zero-order valence-electron chi connectivity index (χ0n) is 22.2. The number of hydrogen-bond acceptors (Lipinski definition) is 8. The van der Waals surface area contributed by atoms with Crippen molar-refractivity contribution >= 4 is 27.4 Å². The summed E-state index contributed by atoms with van der Waals surface area (Å²) >= 11 is 0. The first-order valence-corrected chi connectivity index (χ1v) is 15.0. The van der Waals surface area contributed by atoms with Crippen LogP contribution in [0, 0.1) is 0 Å². The Balaban J connectivity index is 1.47. The molecule has 1 saturated heterocycles. The van der Waals surface area contributed by atoms with E-state index in [0.717, 1.165) is 18.4 Å². The van der Waals surface area contributed by atoms with Crippen molar-refractivity contribution in [2.45, 2.75) is 75.3 Å². The van der Waals surface area contributed by atoms with Gasteiger partial charge in [-0.3, -0.25) is 0 Å². The summed E-state index contributed by atoms with van der Waals surface area (Å²) < 4.78 is 31.6. The first-order valence-electron chi connectivity index (χ1n) is 13.3. The van der Waals surface area contributed by atoms with E-state index in [2.05, 4.69) is 22.5 Å². The zero-order chi connectivity index (χ0) is 27.1. The van der Waals surface area contributed by atoms with Crippen molar-refractivity contribution < 1.29 is 23.1 Å². The molecule has 5 rings (SSSR count). The van der Waals surface area contributed by atoms with Gasteiger partial charge in [0.25, 0.3) is 0 Å². The fourth-order valence-electron chi connectivity index (χ4n) is 4.71. The van der Waals surface area contributed by atoms with Gasteiger partial charge in [-0.25, -0.2) is 23.2 Å². The van der Waals surface area contributed by atoms with Crippen molar-refractivity contribution in [2.75, 3.05) is 35.7 Å². The highest BCUT2D eigenvalue weighted by Crippen LogP contribution is 2.53. The largest absolute Gasteiger partial charge is 0.390 e. The van der Waals surface area contributed by atoms with E-state index >= 15 is 0 Å². The van der Waals surface area contributed by atoms with Crippen molar-refractivity contribution in [3.05, 3.63) is 36.0 Å². The Labute approximate surface area is 224 Å². The molecule has 2 aromatic rings. The topological polar surface area (TPSA) is 134 Å². The predicted octanol–water partition coefficient (Wildman–Crippen LogP) is 3.22. The van der Waals surface area contributed by atoms with Crippen LogP contribution in [0.2, 0.25) is 0 Å². The van der Waals surface area contributed by atoms with Crippen LogP contribution in [0.1, 0.15) is 58.6 Å². The minimum Gasteiger partial charge on any atom is -0.390 e. The number of rotatable bonds is 9. The number of morpholine rings is 1. The SMILES string of the molecule is C[C@H]1COCCN1c1cc(C2(S(=O)(=O)CCC(C)(C)O)CC2)nc(-c2ccc(NC(=O)NC3CC3)cc2)n1. The first kappa shape index (κ1) is 26.8. The van der Waals surface area contributed by atoms with Crippen molar-refractivity contribution in [3.63, 3.8) is 0 Å². The molecule has 2 aliphatic carbocycles. The number of nitrogens with zero attached hydrogens (tertiary/aromatic N) is 3. The molecule has 3 fully saturated rings. The average Bonchev–Trinajstić information content (AvgIpc) is 3.78. The summed E-state index contributed by atoms with van der Waals surface area (Å²) in [6.45, 7) is 7.08. The van der Waals surface area contributed by atoms with Crippen molar-refractivity contribution in [1.29, 1.82) is 0 Å². The Morgan fingerprint density at radius 3 is 2.53 bits per heavy atom. The molecule has 0 bridgehead atoms. The minimum atomic E-state index is -3.57. The quantitative estimate of drug-likeness (QED) is 0.439. The van der Waals surface area contributed by atoms with Crippen LogP contribution in [-0.2, 0) is 19.3 Å². The van der Waals surface area contributed by atoms with E-state index in [1.54, 1.807) is 26.0 Å². The highest BCUT2D eigenvalue weighted by molar-refractivity contribution is 7.92. The lowest BCUT2D eigenvalue weighted by molar-refractivity contribution is 0.0771. The second kappa shape index (κ2) is 10.1. The lowest BCUT2D eigenvalue weighted by Crippen LogP contribution is -2.44. The first-order chi connectivity index (χ1) is 18.0. The summed E-state index contributed by atoms with van der Waals surface area (Å²) in [6.07, 6.45) is 3.17. The van der Waals surface area contributed by atoms with Gasteiger partial charge in [-0.1, -0.05) is 0 Å². The van der Waals surface area contributed by atoms with Crippen molar-refractivity contribution in [2.24, 2.45) is 0 Å². The normalized spacial score (nSPS) is 21.2. The van der Waals surface area contributed by atoms with E-state index < -0.39 is 20.2 Å². The molecule has 3 N–H and O–H groups in total. The highest BCUT2D eigenvalue weighted by atomic mass is 32.2. The maximum Gasteiger partial charge on any atom is 0.319 e. The second-order valence-electron chi connectivity index (χ2n) is 11.4. The average molecular weight is 544 g/mol. The Morgan fingerprint density at radius 1 is 1.21 bits per heavy atom. The van der Waals surface area contributed by atoms with Gasteiger partial charge in [-0.2, -0.15) is 0 Å². The number of urea groups is 1. The Kier molecular flexibility index (Phi) is 7.12. The summed E-state index contributed by atoms with van der Waals surface area (Å²) in [6, 6.07) is 9.19. The van der Waals surface area contributed by atoms with Crippen LogP contribution in [0.15, 0.2) is 30.3 Å². The van der Waals surface area contributed by atoms with Crippen molar-refractivity contribution in [3.8, 4) is 11.4 Å². The van der Waals surface area contributed by atoms with Gasteiger partial charge in [0.15, 0.2) is 15.7 Å². The Bertz CT molecular complexity index is 1280. The summed E-state index contributed by atoms with van der Waals surface area (Å²) in [5, 5.41) is 15.9. The molecule has 11 heteroatoms. The van der Waals surface area contributed by atoms with Gasteiger partial charge in [0.1, 0.15) is 10.6 Å². The molecule has 2 heterocycles. The summed E-state index contributed by atoms with van der Waals surface area (Å²) in [7, 11) is -3.57. The lowest BCUT2D eigenvalue weighted by Gasteiger charge is -2.35. The van der Waals surface area contributed by atoms with Crippen LogP contribution in [0.3, 0.4) is 0 Å². The lowest BCUT2D eigenvalue weighted by atomic mass is 10.1. The van der Waals surface area contributed by atoms with E-state index in [0.29, 0.717) is 55.6 Å². The molecule has 3 aliphatic rings. The Morgan fingerprint density at radius 2 is 1.92 bits per heavy atom. The van der Waals surface area contributed by atoms with Crippen LogP contribution in [0.4, 0.5) is 16.3 Å². The van der Waals surface area contributed by atoms with E-state index in [4.69, 9.17) is 14.7 Å². The van der Waals surface area contributed by atoms with Crippen LogP contribution < -0.4 is 15.5 Å². The summed E-state index contributed by atoms with van der Waals surface area (Å²) in [5.41, 5.74) is 0.808. The van der Waals surface area contributed by atoms with Gasteiger partial charge >= 0.3 is 6.03 Å². The number of aromatic nitrogens is 2. The number of anilines is 2. The van der Waals surface area contributed by atoms with E-state index in [9.17, 15) is 18.3 Å². The number of amides is 2. The number of benzene rings is 1. The highest BCUT2D eigenvalue weighted by Gasteiger charge is 2.57. The summed E-state index contributed by atoms with van der Waals surface area (Å²) in [5.74, 6) is 1.01. The smallest absolute Gasteiger partial charge is 0.319 e. The van der Waals surface area contributed by atoms with Crippen LogP contribution in [0.5, 0.6) is 0 Å². The third-order valence-corrected chi connectivity index (χ3v) is 9.99. The third kappa shape index (κ3) is 5.94. The fourth-order valence-corrected chi connectivity index (χ4v) is 7.02. The maximum absolute atomic E-state index is 13.5. The second-order valence-corrected chi connectivity index (χ2v) is 13.8. The van der Waals surface area contributed by atoms with E-state index in [1.165, 1.54) is 0 Å². The van der Waals surface area contributed by atoms with Gasteiger partial charge < -0.3 is 25.4 Å². The number of carbonyl (C=O) groups is 1. The number of sulfone groups is 1. The van der Waals surface area contributed by atoms with Crippen LogP contribution in [0.25, 0.3) is 11.4 Å². The predicted molar refractivity (Wildman–Crippen MR) is 146 cm³/mol. The van der Waals surface area contributed by atoms with Gasteiger partial charge in [-0.05, 0) is 77.1 Å². The standard InChI is InChI=1S/C27H37N5O5S/c1-18-17-37-14-13-32(18)23-16-22(27(10-11-27)38(35,36)15-12-26(2,3)34)30-24(31-23)19-4-6-20(7-5-19)28-25(33)29-21-8-9-21/h4-7,16,18,21,34H,8-15,17H2,1-3H3,(H2,28,29,33)/t18-/m0/s1. The fraction of sp³-hybridized carbons (Fsp3) is 0.593. The maximum atomic E-state index is 13.5. The molecule has 0 spiro atoms. The molecule has 0 radical (unpaired) electrons. The molecular formula is C27H37N5O5S. The van der Waals surface area contributed by atoms with Gasteiger partial charge in [0, 0.05) is 29.9 Å². The number of carbonyl (C=O) groups excluding carboxylic acids is 1. The molecule has 1 aliphatic heterocycles. The monoisotopic (exact) mass is 543 g/mol. The molecule has 2 saturated carbocycles. The number of nitrogens with one attached hydrogen (secondary N) is 2. The van der Waals surface area contributed by atoms with Crippen LogP contribution >= 0.6 is 0 Å². The van der Waals surface area contributed by atoms with E-state index in [-0.39, 0.29) is 30.3 Å². The van der Waals surface area contributed by atoms with E-state index in [1.807, 2.05) is 18.2 Å². The molecule has 38 heavy (non-hydrogen) atoms. The molecule has 0 unspecified atom stereocenters. The van der Waals surface area contributed by atoms with Gasteiger partial charge in [0.05, 0.1) is 36.3 Å². The van der Waals surface area contributed by atoms with Crippen molar-refractivity contribution in [1.82, 2.24) is 15.3 Å². The molecule has 2 amide bonds. The van der Waals surface area contributed by atoms with Crippen LogP contribution in [-0.4, -0.2) is 72.7 Å². The number of hydrogen-bond donors (Lipinski definition) is 3. The molecule has 1 aromatic carbocycles. The third-order valence-electron chi connectivity index (χ3n) is 7.44. The molecule has 10 nitrogen and oxygen atoms in total. The molecule has 1 aromatic heterocycles. The summed E-state index contributed by atoms with van der Waals surface area (Å²) in [4.78, 5) is 23.9. The number of aliphatic hydroxyl groups is 1. The zero-order valence-corrected chi connectivity index (χ0v) is 23.1. The molecular weight excluding hydrogens is 506 g/mol. The molecule has 206 valence electrons. The van der Waals surface area contributed by atoms with Gasteiger partial charge in [0.2, 0.25) is 0 Å². The number of ether oxygens (including phenoxy) is 1. The Hall–Kier alpha value is -2.76. The van der Waals surface area contributed by atoms with Gasteiger partial charge in [-0.15, -0.1) is 0 Å².